The van der Waals surface area contributed by atoms with Crippen LogP contribution in [0.1, 0.15) is 20.3 Å². The van der Waals surface area contributed by atoms with Gasteiger partial charge in [0.2, 0.25) is 0 Å². The van der Waals surface area contributed by atoms with Gasteiger partial charge in [-0.2, -0.15) is 0 Å². The molecule has 0 amide bonds. The second-order valence-electron chi connectivity index (χ2n) is 3.30. The number of rotatable bonds is 2. The van der Waals surface area contributed by atoms with Crippen molar-refractivity contribution >= 4 is 0 Å². The number of dihydropyridines is 1. The molecule has 0 aromatic heterocycles. The zero-order chi connectivity index (χ0) is 8.27. The Morgan fingerprint density at radius 1 is 1.64 bits per heavy atom. The van der Waals surface area contributed by atoms with Crippen LogP contribution in [0, 0.1) is 5.92 Å². The van der Waals surface area contributed by atoms with Gasteiger partial charge in [-0.25, -0.2) is 0 Å². The van der Waals surface area contributed by atoms with Crippen LogP contribution in [0.25, 0.3) is 0 Å². The SMILES string of the molecule is CC(C)CC1NC=CC=C1O. The van der Waals surface area contributed by atoms with E-state index in [9.17, 15) is 5.11 Å². The first-order valence-corrected chi connectivity index (χ1v) is 4.02. The van der Waals surface area contributed by atoms with Crippen molar-refractivity contribution in [3.8, 4) is 0 Å². The molecule has 0 saturated heterocycles. The maximum atomic E-state index is 9.37. The Morgan fingerprint density at radius 3 is 2.91 bits per heavy atom. The largest absolute Gasteiger partial charge is 0.510 e. The topological polar surface area (TPSA) is 32.3 Å². The van der Waals surface area contributed by atoms with E-state index in [0.29, 0.717) is 11.7 Å². The highest BCUT2D eigenvalue weighted by Gasteiger charge is 2.14. The molecule has 2 nitrogen and oxygen atoms in total. The number of aliphatic hydroxyl groups excluding tert-OH is 1. The quantitative estimate of drug-likeness (QED) is 0.635. The Hall–Kier alpha value is -0.920. The molecule has 0 spiro atoms. The third-order valence-corrected chi connectivity index (χ3v) is 1.72. The summed E-state index contributed by atoms with van der Waals surface area (Å²) in [6.07, 6.45) is 6.40. The van der Waals surface area contributed by atoms with Crippen molar-refractivity contribution in [3.05, 3.63) is 24.1 Å². The average molecular weight is 153 g/mol. The molecule has 0 bridgehead atoms. The maximum absolute atomic E-state index is 9.37. The van der Waals surface area contributed by atoms with Crippen LogP contribution in [0.3, 0.4) is 0 Å². The molecule has 0 aromatic rings. The van der Waals surface area contributed by atoms with Crippen LogP contribution in [0.5, 0.6) is 0 Å². The molecule has 1 heterocycles. The van der Waals surface area contributed by atoms with Gasteiger partial charge in [-0.15, -0.1) is 0 Å². The van der Waals surface area contributed by atoms with E-state index in [0.717, 1.165) is 6.42 Å². The summed E-state index contributed by atoms with van der Waals surface area (Å²) >= 11 is 0. The molecule has 2 heteroatoms. The second kappa shape index (κ2) is 3.46. The van der Waals surface area contributed by atoms with E-state index in [1.807, 2.05) is 12.3 Å². The van der Waals surface area contributed by atoms with E-state index < -0.39 is 0 Å². The smallest absolute Gasteiger partial charge is 0.114 e. The van der Waals surface area contributed by atoms with Gasteiger partial charge in [-0.1, -0.05) is 13.8 Å². The molecular formula is C9H15NO. The molecule has 0 saturated carbocycles. The van der Waals surface area contributed by atoms with Crippen LogP contribution in [0.2, 0.25) is 0 Å². The minimum absolute atomic E-state index is 0.125. The fourth-order valence-corrected chi connectivity index (χ4v) is 1.18. The number of allylic oxidation sites excluding steroid dienone is 2. The lowest BCUT2D eigenvalue weighted by Gasteiger charge is -2.20. The zero-order valence-corrected chi connectivity index (χ0v) is 7.04. The first-order valence-electron chi connectivity index (χ1n) is 4.02. The van der Waals surface area contributed by atoms with E-state index >= 15 is 0 Å². The minimum Gasteiger partial charge on any atom is -0.510 e. The van der Waals surface area contributed by atoms with Gasteiger partial charge in [0, 0.05) is 0 Å². The lowest BCUT2D eigenvalue weighted by Crippen LogP contribution is -2.29. The van der Waals surface area contributed by atoms with Crippen molar-refractivity contribution in [1.29, 1.82) is 0 Å². The van der Waals surface area contributed by atoms with Crippen LogP contribution in [0.4, 0.5) is 0 Å². The predicted octanol–water partition coefficient (Wildman–Crippen LogP) is 1.96. The van der Waals surface area contributed by atoms with Gasteiger partial charge in [-0.3, -0.25) is 0 Å². The molecule has 62 valence electrons. The van der Waals surface area contributed by atoms with Crippen LogP contribution >= 0.6 is 0 Å². The molecular weight excluding hydrogens is 138 g/mol. The summed E-state index contributed by atoms with van der Waals surface area (Å²) in [6.45, 7) is 4.29. The summed E-state index contributed by atoms with van der Waals surface area (Å²) in [4.78, 5) is 0. The van der Waals surface area contributed by atoms with E-state index in [1.165, 1.54) is 0 Å². The first kappa shape index (κ1) is 8.18. The third kappa shape index (κ3) is 2.30. The highest BCUT2D eigenvalue weighted by atomic mass is 16.3. The Kier molecular flexibility index (Phi) is 2.58. The molecule has 1 unspecified atom stereocenters. The third-order valence-electron chi connectivity index (χ3n) is 1.72. The highest BCUT2D eigenvalue weighted by molar-refractivity contribution is 5.17. The standard InChI is InChI=1S/C9H15NO/c1-7(2)6-8-9(11)4-3-5-10-8/h3-5,7-8,10-11H,6H2,1-2H3. The van der Waals surface area contributed by atoms with Crippen molar-refractivity contribution in [3.63, 3.8) is 0 Å². The fourth-order valence-electron chi connectivity index (χ4n) is 1.18. The van der Waals surface area contributed by atoms with Crippen LogP contribution in [-0.4, -0.2) is 11.1 Å². The number of hydrogen-bond donors (Lipinski definition) is 2. The van der Waals surface area contributed by atoms with Gasteiger partial charge in [0.15, 0.2) is 0 Å². The molecule has 1 rings (SSSR count). The van der Waals surface area contributed by atoms with E-state index in [2.05, 4.69) is 19.2 Å². The summed E-state index contributed by atoms with van der Waals surface area (Å²) < 4.78 is 0. The summed E-state index contributed by atoms with van der Waals surface area (Å²) in [6, 6.07) is 0.125. The lowest BCUT2D eigenvalue weighted by atomic mass is 10.0. The van der Waals surface area contributed by atoms with E-state index in [4.69, 9.17) is 0 Å². The van der Waals surface area contributed by atoms with Gasteiger partial charge in [0.25, 0.3) is 0 Å². The lowest BCUT2D eigenvalue weighted by molar-refractivity contribution is 0.323. The number of nitrogens with one attached hydrogen (secondary N) is 1. The molecule has 1 aliphatic heterocycles. The molecule has 0 aliphatic carbocycles. The Labute approximate surface area is 67.6 Å². The maximum Gasteiger partial charge on any atom is 0.114 e. The second-order valence-corrected chi connectivity index (χ2v) is 3.30. The molecule has 2 N–H and O–H groups in total. The Morgan fingerprint density at radius 2 is 2.36 bits per heavy atom. The molecule has 1 aliphatic rings. The van der Waals surface area contributed by atoms with Crippen molar-refractivity contribution < 1.29 is 5.11 Å². The molecule has 1 atom stereocenters. The minimum atomic E-state index is 0.125. The van der Waals surface area contributed by atoms with Gasteiger partial charge in [0.05, 0.1) is 6.04 Å². The van der Waals surface area contributed by atoms with E-state index in [-0.39, 0.29) is 6.04 Å². The molecule has 11 heavy (non-hydrogen) atoms. The van der Waals surface area contributed by atoms with Crippen molar-refractivity contribution in [2.24, 2.45) is 5.92 Å². The van der Waals surface area contributed by atoms with Crippen molar-refractivity contribution in [2.45, 2.75) is 26.3 Å². The van der Waals surface area contributed by atoms with Crippen molar-refractivity contribution in [2.75, 3.05) is 0 Å². The summed E-state index contributed by atoms with van der Waals surface area (Å²) in [7, 11) is 0. The van der Waals surface area contributed by atoms with Gasteiger partial charge >= 0.3 is 0 Å². The number of hydrogen-bond acceptors (Lipinski definition) is 2. The highest BCUT2D eigenvalue weighted by Crippen LogP contribution is 2.12. The van der Waals surface area contributed by atoms with Gasteiger partial charge in [-0.05, 0) is 30.7 Å². The first-order chi connectivity index (χ1) is 5.20. The van der Waals surface area contributed by atoms with Gasteiger partial charge < -0.3 is 10.4 Å². The summed E-state index contributed by atoms with van der Waals surface area (Å²) in [5.41, 5.74) is 0. The van der Waals surface area contributed by atoms with E-state index in [1.54, 1.807) is 6.08 Å². The van der Waals surface area contributed by atoms with Gasteiger partial charge in [0.1, 0.15) is 5.76 Å². The molecule has 0 radical (unpaired) electrons. The number of aliphatic hydroxyl groups is 1. The summed E-state index contributed by atoms with van der Waals surface area (Å²) in [5.74, 6) is 1.05. The van der Waals surface area contributed by atoms with Crippen molar-refractivity contribution in [1.82, 2.24) is 5.32 Å². The van der Waals surface area contributed by atoms with Crippen LogP contribution in [0.15, 0.2) is 24.1 Å². The predicted molar refractivity (Wildman–Crippen MR) is 46.2 cm³/mol. The Balaban J connectivity index is 2.47. The van der Waals surface area contributed by atoms with Crippen LogP contribution < -0.4 is 5.32 Å². The van der Waals surface area contributed by atoms with Crippen LogP contribution in [-0.2, 0) is 0 Å². The Bertz CT molecular complexity index is 182. The molecule has 0 aromatic carbocycles. The monoisotopic (exact) mass is 153 g/mol. The average Bonchev–Trinajstić information content (AvgIpc) is 1.93. The summed E-state index contributed by atoms with van der Waals surface area (Å²) in [5, 5.41) is 12.5. The zero-order valence-electron chi connectivity index (χ0n) is 7.04. The normalized spacial score (nSPS) is 23.2. The molecule has 0 fully saturated rings. The fraction of sp³-hybridized carbons (Fsp3) is 0.556.